The lowest BCUT2D eigenvalue weighted by molar-refractivity contribution is 0.0750. The number of carbonyl (C=O) groups excluding carboxylic acids is 1. The van der Waals surface area contributed by atoms with E-state index in [0.29, 0.717) is 31.7 Å². The third-order valence-corrected chi connectivity index (χ3v) is 6.96. The van der Waals surface area contributed by atoms with E-state index < -0.39 is 0 Å². The van der Waals surface area contributed by atoms with Crippen molar-refractivity contribution in [3.05, 3.63) is 120 Å². The molecule has 7 heteroatoms. The fourth-order valence-corrected chi connectivity index (χ4v) is 5.01. The Kier molecular flexibility index (Phi) is 6.02. The van der Waals surface area contributed by atoms with Crippen molar-refractivity contribution in [3.63, 3.8) is 0 Å². The van der Waals surface area contributed by atoms with Crippen LogP contribution in [0.25, 0.3) is 16.8 Å². The zero-order valence-corrected chi connectivity index (χ0v) is 20.7. The number of aromatic amines is 1. The van der Waals surface area contributed by atoms with Gasteiger partial charge in [-0.25, -0.2) is 9.67 Å². The molecule has 0 bridgehead atoms. The first-order chi connectivity index (χ1) is 18.2. The van der Waals surface area contributed by atoms with Gasteiger partial charge in [-0.15, -0.1) is 0 Å². The van der Waals surface area contributed by atoms with E-state index in [1.54, 1.807) is 12.5 Å². The van der Waals surface area contributed by atoms with E-state index in [1.165, 1.54) is 0 Å². The van der Waals surface area contributed by atoms with E-state index >= 15 is 0 Å². The molecule has 7 nitrogen and oxygen atoms in total. The summed E-state index contributed by atoms with van der Waals surface area (Å²) in [6, 6.07) is 26.8. The van der Waals surface area contributed by atoms with Crippen LogP contribution in [-0.4, -0.2) is 43.6 Å². The van der Waals surface area contributed by atoms with Gasteiger partial charge >= 0.3 is 0 Å². The van der Waals surface area contributed by atoms with Crippen LogP contribution < -0.4 is 4.90 Å². The number of fused-ring (bicyclic) bond motifs is 1. The van der Waals surface area contributed by atoms with Crippen molar-refractivity contribution in [3.8, 4) is 16.8 Å². The van der Waals surface area contributed by atoms with Gasteiger partial charge in [0.25, 0.3) is 5.91 Å². The van der Waals surface area contributed by atoms with Crippen molar-refractivity contribution in [1.82, 2.24) is 24.6 Å². The highest BCUT2D eigenvalue weighted by molar-refractivity contribution is 5.95. The number of hydrogen-bond donors (Lipinski definition) is 1. The number of amides is 1. The molecule has 0 saturated carbocycles. The molecule has 184 valence electrons. The van der Waals surface area contributed by atoms with Crippen molar-refractivity contribution in [2.75, 3.05) is 18.0 Å². The molecular formula is C30H28N6O. The fraction of sp³-hybridized carbons (Fsp3) is 0.167. The summed E-state index contributed by atoms with van der Waals surface area (Å²) in [6.07, 6.45) is 5.32. The zero-order valence-electron chi connectivity index (χ0n) is 20.7. The van der Waals surface area contributed by atoms with Gasteiger partial charge in [0.15, 0.2) is 0 Å². The Hall–Kier alpha value is -4.65. The molecule has 1 N–H and O–H groups in total. The number of aromatic nitrogens is 4. The van der Waals surface area contributed by atoms with Crippen LogP contribution in [0.1, 0.15) is 27.3 Å². The highest BCUT2D eigenvalue weighted by Crippen LogP contribution is 2.32. The number of rotatable bonds is 5. The average molecular weight is 489 g/mol. The van der Waals surface area contributed by atoms with Crippen LogP contribution in [0.15, 0.2) is 97.6 Å². The minimum absolute atomic E-state index is 0.00244. The largest absolute Gasteiger partial charge is 0.364 e. The molecule has 0 saturated heterocycles. The second-order valence-corrected chi connectivity index (χ2v) is 9.31. The van der Waals surface area contributed by atoms with E-state index in [2.05, 4.69) is 50.3 Å². The molecule has 1 aliphatic heterocycles. The SMILES string of the molecule is Cc1c(C(=O)N2CCN(Cc3c[nH]cn3)c3ccc(-c4ccccc4)cc3C2)cnn1-c1ccccc1. The standard InChI is InChI=1S/C30H28N6O/c1-22-28(18-33-36(22)27-10-6-3-7-11-27)30(37)35-15-14-34(20-26-17-31-21-32-26)29-13-12-24(16-25(29)19-35)23-8-4-2-5-9-23/h2-13,16-18,21H,14-15,19-20H2,1H3,(H,31,32). The number of benzene rings is 3. The first kappa shape index (κ1) is 22.8. The third-order valence-electron chi connectivity index (χ3n) is 6.96. The summed E-state index contributed by atoms with van der Waals surface area (Å²) < 4.78 is 1.83. The predicted octanol–water partition coefficient (Wildman–Crippen LogP) is 5.23. The van der Waals surface area contributed by atoms with Gasteiger partial charge in [-0.2, -0.15) is 5.10 Å². The minimum Gasteiger partial charge on any atom is -0.364 e. The summed E-state index contributed by atoms with van der Waals surface area (Å²) >= 11 is 0. The Morgan fingerprint density at radius 2 is 1.73 bits per heavy atom. The first-order valence-corrected chi connectivity index (χ1v) is 12.5. The van der Waals surface area contributed by atoms with Crippen LogP contribution >= 0.6 is 0 Å². The number of H-pyrrole nitrogens is 1. The fourth-order valence-electron chi connectivity index (χ4n) is 5.01. The average Bonchev–Trinajstić information content (AvgIpc) is 3.56. The number of nitrogens with one attached hydrogen (secondary N) is 1. The number of nitrogens with zero attached hydrogens (tertiary/aromatic N) is 5. The predicted molar refractivity (Wildman–Crippen MR) is 145 cm³/mol. The Bertz CT molecular complexity index is 1510. The van der Waals surface area contributed by atoms with E-state index in [4.69, 9.17) is 0 Å². The lowest BCUT2D eigenvalue weighted by Gasteiger charge is -2.24. The summed E-state index contributed by atoms with van der Waals surface area (Å²) in [6.45, 7) is 4.48. The Labute approximate surface area is 216 Å². The molecule has 3 heterocycles. The molecule has 0 aliphatic carbocycles. The van der Waals surface area contributed by atoms with Gasteiger partial charge in [0.1, 0.15) is 0 Å². The second-order valence-electron chi connectivity index (χ2n) is 9.31. The van der Waals surface area contributed by atoms with Crippen molar-refractivity contribution in [1.29, 1.82) is 0 Å². The van der Waals surface area contributed by atoms with E-state index in [0.717, 1.165) is 39.5 Å². The molecular weight excluding hydrogens is 460 g/mol. The van der Waals surface area contributed by atoms with Crippen LogP contribution in [0, 0.1) is 6.92 Å². The normalized spacial score (nSPS) is 13.3. The van der Waals surface area contributed by atoms with Crippen molar-refractivity contribution < 1.29 is 4.79 Å². The summed E-state index contributed by atoms with van der Waals surface area (Å²) in [5.41, 5.74) is 7.94. The quantitative estimate of drug-likeness (QED) is 0.368. The van der Waals surface area contributed by atoms with Gasteiger partial charge in [0.2, 0.25) is 0 Å². The number of imidazole rings is 1. The maximum Gasteiger partial charge on any atom is 0.257 e. The molecule has 1 aliphatic rings. The molecule has 0 atom stereocenters. The highest BCUT2D eigenvalue weighted by atomic mass is 16.2. The number of anilines is 1. The molecule has 0 radical (unpaired) electrons. The summed E-state index contributed by atoms with van der Waals surface area (Å²) in [4.78, 5) is 25.6. The molecule has 0 unspecified atom stereocenters. The number of para-hydroxylation sites is 1. The monoisotopic (exact) mass is 488 g/mol. The van der Waals surface area contributed by atoms with Crippen molar-refractivity contribution in [2.45, 2.75) is 20.0 Å². The Balaban J connectivity index is 1.34. The van der Waals surface area contributed by atoms with Crippen molar-refractivity contribution in [2.24, 2.45) is 0 Å². The molecule has 0 fully saturated rings. The Morgan fingerprint density at radius 1 is 0.946 bits per heavy atom. The van der Waals surface area contributed by atoms with Crippen LogP contribution in [0.5, 0.6) is 0 Å². The summed E-state index contributed by atoms with van der Waals surface area (Å²) in [5.74, 6) is -0.00244. The van der Waals surface area contributed by atoms with E-state index in [1.807, 2.05) is 71.2 Å². The molecule has 0 spiro atoms. The van der Waals surface area contributed by atoms with Gasteiger partial charge in [-0.05, 0) is 47.9 Å². The van der Waals surface area contributed by atoms with Crippen LogP contribution in [0.4, 0.5) is 5.69 Å². The molecule has 5 aromatic rings. The highest BCUT2D eigenvalue weighted by Gasteiger charge is 2.27. The van der Waals surface area contributed by atoms with Gasteiger partial charge in [0, 0.05) is 31.5 Å². The summed E-state index contributed by atoms with van der Waals surface area (Å²) in [7, 11) is 0. The molecule has 37 heavy (non-hydrogen) atoms. The van der Waals surface area contributed by atoms with E-state index in [9.17, 15) is 4.79 Å². The smallest absolute Gasteiger partial charge is 0.257 e. The molecule has 2 aromatic heterocycles. The topological polar surface area (TPSA) is 70.1 Å². The maximum absolute atomic E-state index is 13.8. The first-order valence-electron chi connectivity index (χ1n) is 12.5. The van der Waals surface area contributed by atoms with Gasteiger partial charge in [-0.3, -0.25) is 4.79 Å². The molecule has 3 aromatic carbocycles. The van der Waals surface area contributed by atoms with Crippen LogP contribution in [-0.2, 0) is 13.1 Å². The number of hydrogen-bond acceptors (Lipinski definition) is 4. The van der Waals surface area contributed by atoms with Gasteiger partial charge in [-0.1, -0.05) is 54.6 Å². The lowest BCUT2D eigenvalue weighted by Crippen LogP contribution is -2.35. The van der Waals surface area contributed by atoms with Gasteiger partial charge < -0.3 is 14.8 Å². The second kappa shape index (κ2) is 9.78. The Morgan fingerprint density at radius 3 is 2.49 bits per heavy atom. The molecule has 1 amide bonds. The van der Waals surface area contributed by atoms with Crippen LogP contribution in [0.2, 0.25) is 0 Å². The van der Waals surface area contributed by atoms with Crippen molar-refractivity contribution >= 4 is 11.6 Å². The summed E-state index contributed by atoms with van der Waals surface area (Å²) in [5, 5.41) is 4.54. The molecule has 6 rings (SSSR count). The van der Waals surface area contributed by atoms with E-state index in [-0.39, 0.29) is 5.91 Å². The third kappa shape index (κ3) is 4.51. The zero-order chi connectivity index (χ0) is 25.2. The maximum atomic E-state index is 13.8. The minimum atomic E-state index is -0.00244. The lowest BCUT2D eigenvalue weighted by atomic mass is 10.0. The number of carbonyl (C=O) groups is 1. The van der Waals surface area contributed by atoms with Gasteiger partial charge in [0.05, 0.1) is 41.7 Å². The van der Waals surface area contributed by atoms with Crippen LogP contribution in [0.3, 0.4) is 0 Å².